The smallest absolute Gasteiger partial charge is 0.240 e. The molecule has 0 saturated carbocycles. The van der Waals surface area contributed by atoms with Crippen molar-refractivity contribution >= 4 is 10.0 Å². The van der Waals surface area contributed by atoms with E-state index in [9.17, 15) is 12.8 Å². The Morgan fingerprint density at radius 2 is 1.95 bits per heavy atom. The van der Waals surface area contributed by atoms with Gasteiger partial charge in [0.2, 0.25) is 10.0 Å². The van der Waals surface area contributed by atoms with Gasteiger partial charge in [0.25, 0.3) is 0 Å². The molecule has 5 nitrogen and oxygen atoms in total. The summed E-state index contributed by atoms with van der Waals surface area (Å²) in [7, 11) is -0.0164. The second-order valence-electron chi connectivity index (χ2n) is 5.44. The molecule has 0 aliphatic carbocycles. The predicted octanol–water partition coefficient (Wildman–Crippen LogP) is 0.936. The Kier molecular flexibility index (Phi) is 5.26. The van der Waals surface area contributed by atoms with E-state index in [1.165, 1.54) is 6.07 Å². The Balaban J connectivity index is 2.95. The number of hydrogen-bond donors (Lipinski definition) is 2. The second kappa shape index (κ2) is 6.17. The van der Waals surface area contributed by atoms with Gasteiger partial charge in [-0.1, -0.05) is 0 Å². The first-order valence-electron chi connectivity index (χ1n) is 6.16. The summed E-state index contributed by atoms with van der Waals surface area (Å²) in [6.45, 7) is 3.48. The largest absolute Gasteiger partial charge is 0.392 e. The standard InChI is InChI=1S/C13H21FN2O3S/c1-13(2,16(3)4)9-15-20(18,19)11-5-6-12(14)10(7-11)8-17/h5-7,15,17H,8-9H2,1-4H3. The van der Waals surface area contributed by atoms with Crippen LogP contribution in [0, 0.1) is 5.82 Å². The molecule has 0 heterocycles. The van der Waals surface area contributed by atoms with Crippen LogP contribution in [0.5, 0.6) is 0 Å². The van der Waals surface area contributed by atoms with Crippen LogP contribution in [0.2, 0.25) is 0 Å². The van der Waals surface area contributed by atoms with Crippen LogP contribution in [0.3, 0.4) is 0 Å². The van der Waals surface area contributed by atoms with Crippen molar-refractivity contribution in [3.63, 3.8) is 0 Å². The molecule has 0 unspecified atom stereocenters. The Morgan fingerprint density at radius 1 is 1.35 bits per heavy atom. The number of nitrogens with zero attached hydrogens (tertiary/aromatic N) is 1. The second-order valence-corrected chi connectivity index (χ2v) is 7.21. The minimum Gasteiger partial charge on any atom is -0.392 e. The van der Waals surface area contributed by atoms with Crippen LogP contribution >= 0.6 is 0 Å². The molecule has 0 spiro atoms. The van der Waals surface area contributed by atoms with Gasteiger partial charge in [0.05, 0.1) is 11.5 Å². The van der Waals surface area contributed by atoms with Gasteiger partial charge >= 0.3 is 0 Å². The van der Waals surface area contributed by atoms with Crippen LogP contribution in [-0.2, 0) is 16.6 Å². The maximum atomic E-state index is 13.3. The number of benzene rings is 1. The van der Waals surface area contributed by atoms with Crippen molar-refractivity contribution in [1.82, 2.24) is 9.62 Å². The summed E-state index contributed by atoms with van der Waals surface area (Å²) in [5.74, 6) is -0.625. The summed E-state index contributed by atoms with van der Waals surface area (Å²) in [6, 6.07) is 3.36. The van der Waals surface area contributed by atoms with Crippen molar-refractivity contribution in [1.29, 1.82) is 0 Å². The Bertz CT molecular complexity index is 571. The van der Waals surface area contributed by atoms with Crippen LogP contribution in [0.4, 0.5) is 4.39 Å². The highest BCUT2D eigenvalue weighted by Gasteiger charge is 2.24. The number of aliphatic hydroxyl groups excluding tert-OH is 1. The fourth-order valence-electron chi connectivity index (χ4n) is 1.35. The van der Waals surface area contributed by atoms with Crippen molar-refractivity contribution < 1.29 is 17.9 Å². The average molecular weight is 304 g/mol. The van der Waals surface area contributed by atoms with Crippen molar-refractivity contribution in [2.24, 2.45) is 0 Å². The normalized spacial score (nSPS) is 12.9. The van der Waals surface area contributed by atoms with Crippen molar-refractivity contribution in [2.75, 3.05) is 20.6 Å². The number of halogens is 1. The lowest BCUT2D eigenvalue weighted by Gasteiger charge is -2.32. The van der Waals surface area contributed by atoms with Gasteiger partial charge in [-0.05, 0) is 46.1 Å². The van der Waals surface area contributed by atoms with Gasteiger partial charge < -0.3 is 10.0 Å². The molecule has 0 saturated heterocycles. The number of likely N-dealkylation sites (N-methyl/N-ethyl adjacent to an activating group) is 1. The molecular weight excluding hydrogens is 283 g/mol. The molecule has 20 heavy (non-hydrogen) atoms. The lowest BCUT2D eigenvalue weighted by molar-refractivity contribution is 0.199. The molecular formula is C13H21FN2O3S. The monoisotopic (exact) mass is 304 g/mol. The van der Waals surface area contributed by atoms with E-state index in [2.05, 4.69) is 4.72 Å². The molecule has 1 rings (SSSR count). The van der Waals surface area contributed by atoms with E-state index in [1.54, 1.807) is 0 Å². The SMILES string of the molecule is CN(C)C(C)(C)CNS(=O)(=O)c1ccc(F)c(CO)c1. The first-order valence-corrected chi connectivity index (χ1v) is 7.65. The Hall–Kier alpha value is -1.02. The van der Waals surface area contributed by atoms with Crippen LogP contribution in [0.15, 0.2) is 23.1 Å². The summed E-state index contributed by atoms with van der Waals surface area (Å²) in [5, 5.41) is 8.98. The zero-order chi connectivity index (χ0) is 15.6. The van der Waals surface area contributed by atoms with E-state index in [4.69, 9.17) is 5.11 Å². The van der Waals surface area contributed by atoms with Crippen molar-refractivity contribution in [3.05, 3.63) is 29.6 Å². The van der Waals surface area contributed by atoms with Crippen molar-refractivity contribution in [3.8, 4) is 0 Å². The summed E-state index contributed by atoms with van der Waals surface area (Å²) < 4.78 is 40.0. The van der Waals surface area contributed by atoms with Gasteiger partial charge in [0, 0.05) is 17.6 Å². The lowest BCUT2D eigenvalue weighted by Crippen LogP contribution is -2.48. The van der Waals surface area contributed by atoms with Gasteiger partial charge in [-0.15, -0.1) is 0 Å². The third-order valence-corrected chi connectivity index (χ3v) is 4.80. The third-order valence-electron chi connectivity index (χ3n) is 3.40. The Morgan fingerprint density at radius 3 is 2.45 bits per heavy atom. The van der Waals surface area contributed by atoms with Crippen LogP contribution < -0.4 is 4.72 Å². The molecule has 0 aromatic heterocycles. The van der Waals surface area contributed by atoms with Gasteiger partial charge in [-0.25, -0.2) is 17.5 Å². The van der Waals surface area contributed by atoms with Crippen LogP contribution in [-0.4, -0.2) is 44.6 Å². The van der Waals surface area contributed by atoms with Gasteiger partial charge in [0.1, 0.15) is 5.82 Å². The molecule has 114 valence electrons. The summed E-state index contributed by atoms with van der Waals surface area (Å²) >= 11 is 0. The first kappa shape index (κ1) is 17.0. The number of sulfonamides is 1. The first-order chi connectivity index (χ1) is 9.10. The van der Waals surface area contributed by atoms with Crippen LogP contribution in [0.25, 0.3) is 0 Å². The van der Waals surface area contributed by atoms with E-state index in [-0.39, 0.29) is 22.5 Å². The van der Waals surface area contributed by atoms with Gasteiger partial charge in [-0.2, -0.15) is 0 Å². The van der Waals surface area contributed by atoms with E-state index < -0.39 is 22.4 Å². The molecule has 0 amide bonds. The van der Waals surface area contributed by atoms with E-state index >= 15 is 0 Å². The maximum absolute atomic E-state index is 13.3. The molecule has 1 aromatic carbocycles. The summed E-state index contributed by atoms with van der Waals surface area (Å²) in [4.78, 5) is 1.84. The fourth-order valence-corrected chi connectivity index (χ4v) is 2.61. The van der Waals surface area contributed by atoms with E-state index in [0.717, 1.165) is 12.1 Å². The van der Waals surface area contributed by atoms with E-state index in [1.807, 2.05) is 32.8 Å². The zero-order valence-corrected chi connectivity index (χ0v) is 13.0. The highest BCUT2D eigenvalue weighted by Crippen LogP contribution is 2.16. The number of hydrogen-bond acceptors (Lipinski definition) is 4. The molecule has 0 aliphatic rings. The molecule has 0 bridgehead atoms. The quantitative estimate of drug-likeness (QED) is 0.820. The highest BCUT2D eigenvalue weighted by atomic mass is 32.2. The van der Waals surface area contributed by atoms with Gasteiger partial charge in [-0.3, -0.25) is 0 Å². The molecule has 0 atom stereocenters. The fraction of sp³-hybridized carbons (Fsp3) is 0.538. The summed E-state index contributed by atoms with van der Waals surface area (Å²) in [6.07, 6.45) is 0. The number of rotatable bonds is 6. The predicted molar refractivity (Wildman–Crippen MR) is 75.3 cm³/mol. The third kappa shape index (κ3) is 3.99. The highest BCUT2D eigenvalue weighted by molar-refractivity contribution is 7.89. The van der Waals surface area contributed by atoms with Gasteiger partial charge in [0.15, 0.2) is 0 Å². The topological polar surface area (TPSA) is 69.6 Å². The molecule has 7 heteroatoms. The van der Waals surface area contributed by atoms with Crippen molar-refractivity contribution in [2.45, 2.75) is 30.9 Å². The lowest BCUT2D eigenvalue weighted by atomic mass is 10.1. The molecule has 0 fully saturated rings. The molecule has 1 aromatic rings. The number of aliphatic hydroxyl groups is 1. The minimum absolute atomic E-state index is 0.0419. The molecule has 0 radical (unpaired) electrons. The minimum atomic E-state index is -3.73. The molecule has 0 aliphatic heterocycles. The average Bonchev–Trinajstić information content (AvgIpc) is 2.37. The maximum Gasteiger partial charge on any atom is 0.240 e. The van der Waals surface area contributed by atoms with E-state index in [0.29, 0.717) is 0 Å². The van der Waals surface area contributed by atoms with Crippen LogP contribution in [0.1, 0.15) is 19.4 Å². The zero-order valence-electron chi connectivity index (χ0n) is 12.1. The summed E-state index contributed by atoms with van der Waals surface area (Å²) in [5.41, 5.74) is -0.396. The number of nitrogens with one attached hydrogen (secondary N) is 1. The Labute approximate surface area is 119 Å². The molecule has 2 N–H and O–H groups in total.